The van der Waals surface area contributed by atoms with Crippen LogP contribution in [0.2, 0.25) is 0 Å². The lowest BCUT2D eigenvalue weighted by molar-refractivity contribution is -0.125. The summed E-state index contributed by atoms with van der Waals surface area (Å²) < 4.78 is 3.00. The smallest absolute Gasteiger partial charge is 0.223 e. The van der Waals surface area contributed by atoms with Crippen molar-refractivity contribution in [3.63, 3.8) is 0 Å². The number of hydrogen-bond acceptors (Lipinski definition) is 5. The lowest BCUT2D eigenvalue weighted by Crippen LogP contribution is -2.40. The molecule has 142 valence electrons. The highest BCUT2D eigenvalue weighted by Gasteiger charge is 2.27. The number of carbonyl (C=O) groups excluding carboxylic acids is 1. The maximum Gasteiger partial charge on any atom is 0.223 e. The molecule has 7 heteroatoms. The molecule has 27 heavy (non-hydrogen) atoms. The average Bonchev–Trinajstić information content (AvgIpc) is 3.23. The number of thiazole rings is 1. The van der Waals surface area contributed by atoms with Crippen molar-refractivity contribution in [1.82, 2.24) is 20.1 Å². The maximum atomic E-state index is 12.5. The minimum Gasteiger partial charge on any atom is -0.352 e. The number of carbonyl (C=O) groups is 1. The van der Waals surface area contributed by atoms with Gasteiger partial charge in [0.15, 0.2) is 10.8 Å². The van der Waals surface area contributed by atoms with Crippen LogP contribution in [-0.2, 0) is 18.4 Å². The van der Waals surface area contributed by atoms with Gasteiger partial charge in [0.1, 0.15) is 0 Å². The van der Waals surface area contributed by atoms with Crippen molar-refractivity contribution in [1.29, 1.82) is 0 Å². The zero-order valence-electron chi connectivity index (χ0n) is 16.0. The molecule has 1 aliphatic rings. The van der Waals surface area contributed by atoms with Crippen LogP contribution in [0.1, 0.15) is 29.7 Å². The molecule has 0 aliphatic carbocycles. The molecular formula is C20H25N5OS. The fourth-order valence-electron chi connectivity index (χ4n) is 3.58. The van der Waals surface area contributed by atoms with Crippen molar-refractivity contribution in [2.24, 2.45) is 13.0 Å². The van der Waals surface area contributed by atoms with E-state index in [1.807, 2.05) is 18.7 Å². The fourth-order valence-corrected chi connectivity index (χ4v) is 4.67. The number of nitrogens with one attached hydrogen (secondary N) is 1. The van der Waals surface area contributed by atoms with E-state index < -0.39 is 0 Å². The molecule has 0 spiro atoms. The van der Waals surface area contributed by atoms with Crippen molar-refractivity contribution < 1.29 is 4.79 Å². The van der Waals surface area contributed by atoms with Crippen LogP contribution in [-0.4, -0.2) is 33.8 Å². The Morgan fingerprint density at radius 2 is 1.93 bits per heavy atom. The number of hydrogen-bond donors (Lipinski definition) is 1. The molecule has 6 nitrogen and oxygen atoms in total. The zero-order valence-corrected chi connectivity index (χ0v) is 16.8. The van der Waals surface area contributed by atoms with Gasteiger partial charge in [0.25, 0.3) is 0 Å². The second kappa shape index (κ2) is 7.31. The predicted molar refractivity (Wildman–Crippen MR) is 109 cm³/mol. The Labute approximate surface area is 163 Å². The number of rotatable bonds is 4. The quantitative estimate of drug-likeness (QED) is 0.752. The Balaban J connectivity index is 1.33. The van der Waals surface area contributed by atoms with E-state index in [1.165, 1.54) is 5.56 Å². The standard InChI is InChI=1S/C20H25N5OS/c1-13-4-6-15(7-5-13)12-21-19(26)16-8-10-25(11-9-16)20-22-18-17(27-20)14(2)23-24(18)3/h4-7,16H,8-12H2,1-3H3,(H,21,26). The summed E-state index contributed by atoms with van der Waals surface area (Å²) in [6, 6.07) is 8.30. The molecule has 0 atom stereocenters. The first-order chi connectivity index (χ1) is 13.0. The van der Waals surface area contributed by atoms with E-state index in [-0.39, 0.29) is 11.8 Å². The van der Waals surface area contributed by atoms with Gasteiger partial charge in [-0.2, -0.15) is 5.10 Å². The molecular weight excluding hydrogens is 358 g/mol. The largest absolute Gasteiger partial charge is 0.352 e. The number of fused-ring (bicyclic) bond motifs is 1. The minimum absolute atomic E-state index is 0.0875. The van der Waals surface area contributed by atoms with Gasteiger partial charge >= 0.3 is 0 Å². The van der Waals surface area contributed by atoms with Gasteiger partial charge in [0.2, 0.25) is 5.91 Å². The van der Waals surface area contributed by atoms with Crippen LogP contribution >= 0.6 is 11.3 Å². The summed E-state index contributed by atoms with van der Waals surface area (Å²) in [5, 5.41) is 8.55. The monoisotopic (exact) mass is 383 g/mol. The van der Waals surface area contributed by atoms with Gasteiger partial charge in [0.05, 0.1) is 10.4 Å². The van der Waals surface area contributed by atoms with Gasteiger partial charge in [-0.05, 0) is 32.3 Å². The van der Waals surface area contributed by atoms with E-state index >= 15 is 0 Å². The molecule has 0 unspecified atom stereocenters. The van der Waals surface area contributed by atoms with E-state index in [9.17, 15) is 4.79 Å². The maximum absolute atomic E-state index is 12.5. The number of aromatic nitrogens is 3. The minimum atomic E-state index is 0.0875. The van der Waals surface area contributed by atoms with Crippen LogP contribution < -0.4 is 10.2 Å². The number of benzene rings is 1. The number of piperidine rings is 1. The van der Waals surface area contributed by atoms with E-state index in [0.29, 0.717) is 6.54 Å². The molecule has 1 amide bonds. The van der Waals surface area contributed by atoms with Crippen LogP contribution in [0.15, 0.2) is 24.3 Å². The molecule has 4 rings (SSSR count). The van der Waals surface area contributed by atoms with Crippen molar-refractivity contribution in [2.45, 2.75) is 33.2 Å². The molecule has 3 aromatic rings. The third-order valence-corrected chi connectivity index (χ3v) is 6.47. The van der Waals surface area contributed by atoms with Crippen LogP contribution in [0.25, 0.3) is 10.3 Å². The molecule has 3 heterocycles. The molecule has 1 fully saturated rings. The molecule has 2 aromatic heterocycles. The van der Waals surface area contributed by atoms with Crippen LogP contribution in [0, 0.1) is 19.8 Å². The fraction of sp³-hybridized carbons (Fsp3) is 0.450. The molecule has 0 saturated carbocycles. The van der Waals surface area contributed by atoms with E-state index in [2.05, 4.69) is 46.5 Å². The number of anilines is 1. The average molecular weight is 384 g/mol. The second-order valence-electron chi connectivity index (χ2n) is 7.32. The third kappa shape index (κ3) is 3.69. The highest BCUT2D eigenvalue weighted by Crippen LogP contribution is 2.33. The summed E-state index contributed by atoms with van der Waals surface area (Å²) >= 11 is 1.70. The van der Waals surface area contributed by atoms with Gasteiger partial charge < -0.3 is 10.2 Å². The lowest BCUT2D eigenvalue weighted by atomic mass is 9.96. The SMILES string of the molecule is Cc1ccc(CNC(=O)C2CCN(c3nc4c(s3)c(C)nn4C)CC2)cc1. The van der Waals surface area contributed by atoms with Gasteiger partial charge in [-0.15, -0.1) is 0 Å². The van der Waals surface area contributed by atoms with Crippen molar-refractivity contribution in [3.05, 3.63) is 41.1 Å². The summed E-state index contributed by atoms with van der Waals surface area (Å²) in [5.74, 6) is 0.254. The van der Waals surface area contributed by atoms with Gasteiger partial charge in [-0.1, -0.05) is 41.2 Å². The molecule has 0 bridgehead atoms. The first kappa shape index (κ1) is 18.0. The lowest BCUT2D eigenvalue weighted by Gasteiger charge is -2.31. The Morgan fingerprint density at radius 3 is 2.59 bits per heavy atom. The van der Waals surface area contributed by atoms with Crippen LogP contribution in [0.5, 0.6) is 0 Å². The Bertz CT molecular complexity index is 916. The van der Waals surface area contributed by atoms with E-state index in [0.717, 1.165) is 52.7 Å². The first-order valence-electron chi connectivity index (χ1n) is 9.39. The summed E-state index contributed by atoms with van der Waals surface area (Å²) in [6.07, 6.45) is 1.74. The molecule has 1 aliphatic heterocycles. The van der Waals surface area contributed by atoms with E-state index in [1.54, 1.807) is 11.3 Å². The molecule has 1 saturated heterocycles. The van der Waals surface area contributed by atoms with Crippen molar-refractivity contribution in [2.75, 3.05) is 18.0 Å². The predicted octanol–water partition coefficient (Wildman–Crippen LogP) is 3.18. The molecule has 1 aromatic carbocycles. The van der Waals surface area contributed by atoms with Crippen LogP contribution in [0.3, 0.4) is 0 Å². The number of nitrogens with zero attached hydrogens (tertiary/aromatic N) is 4. The third-order valence-electron chi connectivity index (χ3n) is 5.26. The summed E-state index contributed by atoms with van der Waals surface area (Å²) in [6.45, 7) is 6.43. The summed E-state index contributed by atoms with van der Waals surface area (Å²) in [5.41, 5.74) is 4.36. The Morgan fingerprint density at radius 1 is 1.22 bits per heavy atom. The first-order valence-corrected chi connectivity index (χ1v) is 10.2. The number of amides is 1. The normalized spacial score (nSPS) is 15.4. The van der Waals surface area contributed by atoms with Gasteiger partial charge in [-0.3, -0.25) is 4.79 Å². The highest BCUT2D eigenvalue weighted by atomic mass is 32.1. The Hall–Kier alpha value is -2.41. The van der Waals surface area contributed by atoms with Crippen molar-refractivity contribution in [3.8, 4) is 0 Å². The van der Waals surface area contributed by atoms with Gasteiger partial charge in [0, 0.05) is 32.6 Å². The zero-order chi connectivity index (χ0) is 19.0. The van der Waals surface area contributed by atoms with Crippen LogP contribution in [0.4, 0.5) is 5.13 Å². The Kier molecular flexibility index (Phi) is 4.86. The highest BCUT2D eigenvalue weighted by molar-refractivity contribution is 7.22. The summed E-state index contributed by atoms with van der Waals surface area (Å²) in [4.78, 5) is 19.6. The molecule has 0 radical (unpaired) electrons. The second-order valence-corrected chi connectivity index (χ2v) is 8.30. The molecule has 1 N–H and O–H groups in total. The van der Waals surface area contributed by atoms with Gasteiger partial charge in [-0.25, -0.2) is 9.67 Å². The topological polar surface area (TPSA) is 63.1 Å². The van der Waals surface area contributed by atoms with E-state index in [4.69, 9.17) is 4.98 Å². The number of aryl methyl sites for hydroxylation is 3. The van der Waals surface area contributed by atoms with Crippen molar-refractivity contribution >= 4 is 32.7 Å². The summed E-state index contributed by atoms with van der Waals surface area (Å²) in [7, 11) is 1.93.